The number of nitrogens with zero attached hydrogens (tertiary/aromatic N) is 3. The molecule has 0 unspecified atom stereocenters. The molecule has 0 saturated heterocycles. The van der Waals surface area contributed by atoms with Crippen molar-refractivity contribution in [2.75, 3.05) is 0 Å². The van der Waals surface area contributed by atoms with Gasteiger partial charge in [-0.25, -0.2) is 14.4 Å². The number of halogens is 1. The predicted molar refractivity (Wildman–Crippen MR) is 104 cm³/mol. The predicted octanol–water partition coefficient (Wildman–Crippen LogP) is 3.63. The molecule has 132 valence electrons. The van der Waals surface area contributed by atoms with E-state index in [4.69, 9.17) is 0 Å². The fourth-order valence-corrected chi connectivity index (χ4v) is 3.46. The second-order valence-electron chi connectivity index (χ2n) is 5.94. The second kappa shape index (κ2) is 7.52. The summed E-state index contributed by atoms with van der Waals surface area (Å²) in [5, 5.41) is 0.574. The van der Waals surface area contributed by atoms with E-state index in [1.807, 2.05) is 30.3 Å². The molecule has 0 spiro atoms. The minimum absolute atomic E-state index is 0.169. The molecule has 0 aliphatic carbocycles. The molecule has 6 heteroatoms. The molecule has 0 amide bonds. The van der Waals surface area contributed by atoms with Gasteiger partial charge < -0.3 is 0 Å². The first kappa shape index (κ1) is 17.1. The van der Waals surface area contributed by atoms with Gasteiger partial charge in [0.25, 0.3) is 5.56 Å². The fraction of sp³-hybridized carbons (Fsp3) is 0.0952. The van der Waals surface area contributed by atoms with Crippen molar-refractivity contribution in [2.24, 2.45) is 0 Å². The zero-order chi connectivity index (χ0) is 18.6. The molecule has 0 N–H and O–H groups in total. The highest BCUT2D eigenvalue weighted by Gasteiger charge is 2.10. The summed E-state index contributed by atoms with van der Waals surface area (Å²) in [5.74, 6) is 5.79. The normalized spacial score (nSPS) is 10.6. The van der Waals surface area contributed by atoms with Crippen LogP contribution >= 0.6 is 11.3 Å². The van der Waals surface area contributed by atoms with Crippen LogP contribution in [-0.4, -0.2) is 14.5 Å². The maximum Gasteiger partial charge on any atom is 0.273 e. The lowest BCUT2D eigenvalue weighted by molar-refractivity contribution is 0.626. The summed E-state index contributed by atoms with van der Waals surface area (Å²) in [4.78, 5) is 21.3. The molecule has 0 bridgehead atoms. The molecule has 0 aliphatic heterocycles. The number of hydrogen-bond acceptors (Lipinski definition) is 4. The van der Waals surface area contributed by atoms with Crippen molar-refractivity contribution in [1.29, 1.82) is 0 Å². The third-order valence-corrected chi connectivity index (χ3v) is 4.93. The van der Waals surface area contributed by atoms with Crippen molar-refractivity contribution >= 4 is 21.7 Å². The highest BCUT2D eigenvalue weighted by molar-refractivity contribution is 7.18. The van der Waals surface area contributed by atoms with E-state index in [1.54, 1.807) is 12.1 Å². The van der Waals surface area contributed by atoms with Gasteiger partial charge in [-0.1, -0.05) is 59.7 Å². The van der Waals surface area contributed by atoms with Crippen LogP contribution in [0.4, 0.5) is 4.39 Å². The Morgan fingerprint density at radius 3 is 2.59 bits per heavy atom. The molecule has 0 fully saturated rings. The first-order valence-electron chi connectivity index (χ1n) is 8.32. The molecule has 0 saturated carbocycles. The van der Waals surface area contributed by atoms with Gasteiger partial charge in [-0.2, -0.15) is 0 Å². The van der Waals surface area contributed by atoms with Crippen molar-refractivity contribution < 1.29 is 4.39 Å². The van der Waals surface area contributed by atoms with E-state index in [9.17, 15) is 9.18 Å². The van der Waals surface area contributed by atoms with Crippen LogP contribution in [0.1, 0.15) is 16.1 Å². The average Bonchev–Trinajstić information content (AvgIpc) is 3.10. The summed E-state index contributed by atoms with van der Waals surface area (Å²) in [6.07, 6.45) is 2.09. The molecular formula is C21H14FN3OS. The maximum atomic E-state index is 13.0. The Labute approximate surface area is 159 Å². The van der Waals surface area contributed by atoms with Gasteiger partial charge in [-0.3, -0.25) is 9.36 Å². The van der Waals surface area contributed by atoms with Crippen LogP contribution < -0.4 is 5.56 Å². The van der Waals surface area contributed by atoms with Crippen molar-refractivity contribution in [3.05, 3.63) is 93.2 Å². The molecule has 0 aliphatic rings. The number of hydrogen-bond donors (Lipinski definition) is 0. The van der Waals surface area contributed by atoms with E-state index in [2.05, 4.69) is 21.8 Å². The topological polar surface area (TPSA) is 47.8 Å². The van der Waals surface area contributed by atoms with E-state index in [0.717, 1.165) is 11.1 Å². The van der Waals surface area contributed by atoms with Crippen LogP contribution in [0.15, 0.2) is 65.7 Å². The number of fused-ring (bicyclic) bond motifs is 1. The van der Waals surface area contributed by atoms with Gasteiger partial charge in [-0.05, 0) is 29.2 Å². The van der Waals surface area contributed by atoms with Gasteiger partial charge >= 0.3 is 0 Å². The quantitative estimate of drug-likeness (QED) is 0.514. The maximum absolute atomic E-state index is 13.0. The summed E-state index contributed by atoms with van der Waals surface area (Å²) < 4.78 is 15.0. The molecule has 4 aromatic rings. The average molecular weight is 375 g/mol. The van der Waals surface area contributed by atoms with Gasteiger partial charge in [0, 0.05) is 6.42 Å². The number of benzene rings is 2. The van der Waals surface area contributed by atoms with Gasteiger partial charge in [0.1, 0.15) is 16.8 Å². The second-order valence-corrected chi connectivity index (χ2v) is 6.94. The fourth-order valence-electron chi connectivity index (χ4n) is 2.62. The lowest BCUT2D eigenvalue weighted by Gasteiger charge is -2.04. The van der Waals surface area contributed by atoms with Crippen LogP contribution in [0, 0.1) is 17.7 Å². The number of thiazole rings is 1. The minimum Gasteiger partial charge on any atom is -0.293 e. The zero-order valence-electron chi connectivity index (χ0n) is 14.2. The molecule has 2 heterocycles. The van der Waals surface area contributed by atoms with E-state index in [1.165, 1.54) is 34.4 Å². The molecular weight excluding hydrogens is 361 g/mol. The minimum atomic E-state index is -0.305. The van der Waals surface area contributed by atoms with E-state index >= 15 is 0 Å². The molecule has 4 rings (SSSR count). The highest BCUT2D eigenvalue weighted by Crippen LogP contribution is 2.16. The summed E-state index contributed by atoms with van der Waals surface area (Å²) in [7, 11) is 0. The Bertz CT molecular complexity index is 1200. The smallest absolute Gasteiger partial charge is 0.273 e. The van der Waals surface area contributed by atoms with Crippen molar-refractivity contribution in [3.8, 4) is 11.8 Å². The molecule has 2 aromatic heterocycles. The van der Waals surface area contributed by atoms with E-state index in [0.29, 0.717) is 28.3 Å². The standard InChI is InChI=1S/C21H14FN3OS/c22-17-11-9-16(10-12-17)13-25-14-23-20-19(21(25)26)27-18(24-20)8-4-7-15-5-2-1-3-6-15/h1-3,5-6,9-12,14H,7,13H2. The SMILES string of the molecule is O=c1c2sc(C#CCc3ccccc3)nc2ncn1Cc1ccc(F)cc1. The lowest BCUT2D eigenvalue weighted by atomic mass is 10.2. The van der Waals surface area contributed by atoms with E-state index < -0.39 is 0 Å². The monoisotopic (exact) mass is 375 g/mol. The number of rotatable bonds is 3. The first-order valence-corrected chi connectivity index (χ1v) is 9.14. The molecule has 2 aromatic carbocycles. The van der Waals surface area contributed by atoms with Gasteiger partial charge in [0.05, 0.1) is 6.54 Å². The van der Waals surface area contributed by atoms with Gasteiger partial charge in [-0.15, -0.1) is 0 Å². The lowest BCUT2D eigenvalue weighted by Crippen LogP contribution is -2.20. The van der Waals surface area contributed by atoms with Crippen molar-refractivity contribution in [3.63, 3.8) is 0 Å². The van der Waals surface area contributed by atoms with Crippen molar-refractivity contribution in [2.45, 2.75) is 13.0 Å². The first-order chi connectivity index (χ1) is 13.2. The van der Waals surface area contributed by atoms with Crippen LogP contribution in [0.2, 0.25) is 0 Å². The zero-order valence-corrected chi connectivity index (χ0v) is 15.0. The third-order valence-electron chi connectivity index (χ3n) is 3.98. The Kier molecular flexibility index (Phi) is 4.77. The van der Waals surface area contributed by atoms with Crippen LogP contribution in [0.3, 0.4) is 0 Å². The van der Waals surface area contributed by atoms with Gasteiger partial charge in [0.15, 0.2) is 10.7 Å². The van der Waals surface area contributed by atoms with Crippen LogP contribution in [-0.2, 0) is 13.0 Å². The van der Waals surface area contributed by atoms with Crippen molar-refractivity contribution in [1.82, 2.24) is 14.5 Å². The van der Waals surface area contributed by atoms with E-state index in [-0.39, 0.29) is 11.4 Å². The highest BCUT2D eigenvalue weighted by atomic mass is 32.1. The Morgan fingerprint density at radius 1 is 1.04 bits per heavy atom. The molecule has 27 heavy (non-hydrogen) atoms. The number of aromatic nitrogens is 3. The summed E-state index contributed by atoms with van der Waals surface area (Å²) in [5.41, 5.74) is 2.19. The molecule has 4 nitrogen and oxygen atoms in total. The Balaban J connectivity index is 1.58. The summed E-state index contributed by atoms with van der Waals surface area (Å²) in [6.45, 7) is 0.328. The Hall–Kier alpha value is -3.30. The summed E-state index contributed by atoms with van der Waals surface area (Å²) in [6, 6.07) is 16.0. The van der Waals surface area contributed by atoms with Crippen LogP contribution in [0.25, 0.3) is 10.3 Å². The molecule has 0 atom stereocenters. The van der Waals surface area contributed by atoms with Gasteiger partial charge in [0.2, 0.25) is 0 Å². The van der Waals surface area contributed by atoms with Crippen LogP contribution in [0.5, 0.6) is 0 Å². The largest absolute Gasteiger partial charge is 0.293 e. The third kappa shape index (κ3) is 3.94. The Morgan fingerprint density at radius 2 is 1.81 bits per heavy atom. The summed E-state index contributed by atoms with van der Waals surface area (Å²) >= 11 is 1.25. The molecule has 0 radical (unpaired) electrons.